The van der Waals surface area contributed by atoms with Crippen LogP contribution in [0.15, 0.2) is 5.38 Å². The Labute approximate surface area is 76.1 Å². The molecule has 4 heteroatoms. The summed E-state index contributed by atoms with van der Waals surface area (Å²) in [6.07, 6.45) is 1.14. The van der Waals surface area contributed by atoms with Crippen LogP contribution in [-0.2, 0) is 5.41 Å². The second-order valence-electron chi connectivity index (χ2n) is 4.14. The summed E-state index contributed by atoms with van der Waals surface area (Å²) in [6.45, 7) is 5.16. The minimum atomic E-state index is 0.125. The van der Waals surface area contributed by atoms with Crippen molar-refractivity contribution in [1.82, 2.24) is 9.59 Å². The van der Waals surface area contributed by atoms with Gasteiger partial charge in [-0.3, -0.25) is 0 Å². The second-order valence-corrected chi connectivity index (χ2v) is 4.75. The maximum Gasteiger partial charge on any atom is 0.0835 e. The van der Waals surface area contributed by atoms with E-state index in [0.29, 0.717) is 12.0 Å². The number of rotatable bonds is 2. The van der Waals surface area contributed by atoms with Crippen LogP contribution in [-0.4, -0.2) is 16.1 Å². The van der Waals surface area contributed by atoms with Gasteiger partial charge in [0.05, 0.1) is 5.69 Å². The SMILES string of the molecule is CC1(C)CC1(CN)c1csnn1. The van der Waals surface area contributed by atoms with E-state index in [1.165, 1.54) is 11.5 Å². The van der Waals surface area contributed by atoms with Crippen LogP contribution in [0.3, 0.4) is 0 Å². The lowest BCUT2D eigenvalue weighted by molar-refractivity contribution is 0.492. The molecule has 2 N–H and O–H groups in total. The van der Waals surface area contributed by atoms with Crippen molar-refractivity contribution in [1.29, 1.82) is 0 Å². The van der Waals surface area contributed by atoms with E-state index >= 15 is 0 Å². The van der Waals surface area contributed by atoms with E-state index in [0.717, 1.165) is 12.1 Å². The molecule has 3 nitrogen and oxygen atoms in total. The van der Waals surface area contributed by atoms with Gasteiger partial charge in [0.15, 0.2) is 0 Å². The Morgan fingerprint density at radius 2 is 2.33 bits per heavy atom. The van der Waals surface area contributed by atoms with Crippen LogP contribution in [0.25, 0.3) is 0 Å². The number of hydrogen-bond donors (Lipinski definition) is 1. The quantitative estimate of drug-likeness (QED) is 0.748. The lowest BCUT2D eigenvalue weighted by Gasteiger charge is -2.14. The molecule has 1 aromatic rings. The lowest BCUT2D eigenvalue weighted by atomic mass is 9.93. The number of aromatic nitrogens is 2. The highest BCUT2D eigenvalue weighted by Crippen LogP contribution is 2.63. The maximum atomic E-state index is 5.77. The lowest BCUT2D eigenvalue weighted by Crippen LogP contribution is -2.25. The normalized spacial score (nSPS) is 31.9. The van der Waals surface area contributed by atoms with E-state index in [-0.39, 0.29) is 5.41 Å². The fourth-order valence-corrected chi connectivity index (χ4v) is 2.53. The zero-order chi connectivity index (χ0) is 8.82. The molecule has 0 aromatic carbocycles. The number of nitrogens with zero attached hydrogens (tertiary/aromatic N) is 2. The largest absolute Gasteiger partial charge is 0.330 e. The predicted octanol–water partition coefficient (Wildman–Crippen LogP) is 1.16. The molecule has 1 fully saturated rings. The van der Waals surface area contributed by atoms with Gasteiger partial charge in [-0.05, 0) is 23.4 Å². The smallest absolute Gasteiger partial charge is 0.0835 e. The third-order valence-electron chi connectivity index (χ3n) is 3.11. The minimum absolute atomic E-state index is 0.125. The monoisotopic (exact) mass is 183 g/mol. The van der Waals surface area contributed by atoms with Gasteiger partial charge in [0.2, 0.25) is 0 Å². The van der Waals surface area contributed by atoms with E-state index in [2.05, 4.69) is 23.4 Å². The fraction of sp³-hybridized carbons (Fsp3) is 0.750. The molecule has 1 atom stereocenters. The molecule has 1 aliphatic carbocycles. The summed E-state index contributed by atoms with van der Waals surface area (Å²) in [5.41, 5.74) is 7.30. The topological polar surface area (TPSA) is 51.8 Å². The molecule has 66 valence electrons. The van der Waals surface area contributed by atoms with Gasteiger partial charge in [-0.25, -0.2) is 0 Å². The van der Waals surface area contributed by atoms with E-state index < -0.39 is 0 Å². The van der Waals surface area contributed by atoms with Crippen molar-refractivity contribution in [2.75, 3.05) is 6.54 Å². The van der Waals surface area contributed by atoms with Crippen LogP contribution in [0.4, 0.5) is 0 Å². The summed E-state index contributed by atoms with van der Waals surface area (Å²) in [6, 6.07) is 0. The van der Waals surface area contributed by atoms with Crippen molar-refractivity contribution >= 4 is 11.5 Å². The van der Waals surface area contributed by atoms with E-state index in [4.69, 9.17) is 5.73 Å². The van der Waals surface area contributed by atoms with Gasteiger partial charge in [-0.1, -0.05) is 18.3 Å². The molecule has 0 aliphatic heterocycles. The summed E-state index contributed by atoms with van der Waals surface area (Å²) in [4.78, 5) is 0. The van der Waals surface area contributed by atoms with Crippen molar-refractivity contribution < 1.29 is 0 Å². The van der Waals surface area contributed by atoms with Gasteiger partial charge in [-0.2, -0.15) is 0 Å². The van der Waals surface area contributed by atoms with E-state index in [1.807, 2.05) is 5.38 Å². The van der Waals surface area contributed by atoms with Gasteiger partial charge < -0.3 is 5.73 Å². The summed E-state index contributed by atoms with van der Waals surface area (Å²) in [5.74, 6) is 0. The Morgan fingerprint density at radius 1 is 1.67 bits per heavy atom. The summed E-state index contributed by atoms with van der Waals surface area (Å²) < 4.78 is 3.88. The molecule has 0 radical (unpaired) electrons. The van der Waals surface area contributed by atoms with E-state index in [9.17, 15) is 0 Å². The Morgan fingerprint density at radius 3 is 2.67 bits per heavy atom. The van der Waals surface area contributed by atoms with Crippen molar-refractivity contribution in [3.63, 3.8) is 0 Å². The van der Waals surface area contributed by atoms with E-state index in [1.54, 1.807) is 0 Å². The molecular formula is C8H13N3S. The Kier molecular flexibility index (Phi) is 1.53. The molecule has 2 rings (SSSR count). The molecule has 0 spiro atoms. The van der Waals surface area contributed by atoms with Crippen molar-refractivity contribution in [3.8, 4) is 0 Å². The predicted molar refractivity (Wildman–Crippen MR) is 49.0 cm³/mol. The summed E-state index contributed by atoms with van der Waals surface area (Å²) in [5, 5.41) is 6.12. The van der Waals surface area contributed by atoms with Gasteiger partial charge in [0.25, 0.3) is 0 Å². The Balaban J connectivity index is 2.34. The molecule has 0 amide bonds. The maximum absolute atomic E-state index is 5.77. The fourth-order valence-electron chi connectivity index (χ4n) is 1.97. The van der Waals surface area contributed by atoms with Crippen molar-refractivity contribution in [2.24, 2.45) is 11.1 Å². The highest BCUT2D eigenvalue weighted by atomic mass is 32.1. The average Bonchev–Trinajstić information content (AvgIpc) is 2.52. The third-order valence-corrected chi connectivity index (χ3v) is 3.62. The molecule has 0 bridgehead atoms. The van der Waals surface area contributed by atoms with Gasteiger partial charge in [0.1, 0.15) is 0 Å². The van der Waals surface area contributed by atoms with Crippen LogP contribution < -0.4 is 5.73 Å². The number of hydrogen-bond acceptors (Lipinski definition) is 4. The molecule has 0 saturated heterocycles. The van der Waals surface area contributed by atoms with Crippen LogP contribution in [0.1, 0.15) is 26.0 Å². The molecule has 12 heavy (non-hydrogen) atoms. The van der Waals surface area contributed by atoms with Crippen molar-refractivity contribution in [3.05, 3.63) is 11.1 Å². The van der Waals surface area contributed by atoms with Crippen molar-refractivity contribution in [2.45, 2.75) is 25.7 Å². The zero-order valence-corrected chi connectivity index (χ0v) is 8.19. The number of nitrogens with two attached hydrogens (primary N) is 1. The van der Waals surface area contributed by atoms with Gasteiger partial charge in [-0.15, -0.1) is 5.10 Å². The standard InChI is InChI=1S/C8H13N3S/c1-7(2)4-8(7,5-9)6-3-12-11-10-6/h3H,4-5,9H2,1-2H3. The summed E-state index contributed by atoms with van der Waals surface area (Å²) >= 11 is 1.41. The molecular weight excluding hydrogens is 170 g/mol. The molecule has 1 heterocycles. The van der Waals surface area contributed by atoms with Gasteiger partial charge in [0, 0.05) is 17.3 Å². The first-order valence-corrected chi connectivity index (χ1v) is 4.94. The molecule has 1 aromatic heterocycles. The van der Waals surface area contributed by atoms with Crippen LogP contribution in [0.5, 0.6) is 0 Å². The Hall–Kier alpha value is -0.480. The van der Waals surface area contributed by atoms with Gasteiger partial charge >= 0.3 is 0 Å². The highest BCUT2D eigenvalue weighted by molar-refractivity contribution is 7.03. The molecule has 1 aliphatic rings. The first-order valence-electron chi connectivity index (χ1n) is 4.10. The zero-order valence-electron chi connectivity index (χ0n) is 7.37. The van der Waals surface area contributed by atoms with Crippen LogP contribution >= 0.6 is 11.5 Å². The Bertz CT molecular complexity index is 281. The summed E-state index contributed by atoms with van der Waals surface area (Å²) in [7, 11) is 0. The highest BCUT2D eigenvalue weighted by Gasteiger charge is 2.62. The second kappa shape index (κ2) is 2.26. The van der Waals surface area contributed by atoms with Crippen LogP contribution in [0, 0.1) is 5.41 Å². The molecule has 1 saturated carbocycles. The average molecular weight is 183 g/mol. The first-order chi connectivity index (χ1) is 5.62. The van der Waals surface area contributed by atoms with Crippen LogP contribution in [0.2, 0.25) is 0 Å². The third kappa shape index (κ3) is 0.850. The minimum Gasteiger partial charge on any atom is -0.330 e. The first kappa shape index (κ1) is 8.13. The molecule has 1 unspecified atom stereocenters.